The number of fused-ring (bicyclic) bond motifs is 3. The summed E-state index contributed by atoms with van der Waals surface area (Å²) >= 11 is 0. The zero-order chi connectivity index (χ0) is 17.8. The molecule has 2 aliphatic rings. The van der Waals surface area contributed by atoms with E-state index in [-0.39, 0.29) is 40.8 Å². The highest BCUT2D eigenvalue weighted by Gasteiger charge is 2.39. The van der Waals surface area contributed by atoms with E-state index in [4.69, 9.17) is 0 Å². The van der Waals surface area contributed by atoms with Gasteiger partial charge in [-0.2, -0.15) is 0 Å². The van der Waals surface area contributed by atoms with Gasteiger partial charge in [0.05, 0.1) is 27.7 Å². The smallest absolute Gasteiger partial charge is 0.263 e. The van der Waals surface area contributed by atoms with Crippen LogP contribution in [0.25, 0.3) is 11.0 Å². The van der Waals surface area contributed by atoms with E-state index in [2.05, 4.69) is 9.97 Å². The number of aromatic nitrogens is 3. The van der Waals surface area contributed by atoms with Crippen LogP contribution in [0.4, 0.5) is 0 Å². The minimum absolute atomic E-state index is 0. The molecule has 0 spiro atoms. The largest absolute Gasteiger partial charge is 0.288 e. The van der Waals surface area contributed by atoms with Crippen molar-refractivity contribution in [2.24, 2.45) is 0 Å². The number of nitrogens with zero attached hydrogens (tertiary/aromatic N) is 3. The third kappa shape index (κ3) is 2.56. The molecule has 3 atom stereocenters. The number of carbonyl (C=O) groups is 1. The number of ketones is 1. The summed E-state index contributed by atoms with van der Waals surface area (Å²) in [6, 6.07) is 10.1. The third-order valence-electron chi connectivity index (χ3n) is 5.24. The van der Waals surface area contributed by atoms with Gasteiger partial charge in [0.15, 0.2) is 5.78 Å². The molecule has 138 valence electrons. The van der Waals surface area contributed by atoms with Crippen molar-refractivity contribution in [2.75, 3.05) is 0 Å². The highest BCUT2D eigenvalue weighted by Crippen LogP contribution is 2.38. The van der Waals surface area contributed by atoms with Crippen LogP contribution in [-0.2, 0) is 10.8 Å². The van der Waals surface area contributed by atoms with Crippen LogP contribution in [0.3, 0.4) is 0 Å². The molecule has 2 bridgehead atoms. The van der Waals surface area contributed by atoms with Crippen molar-refractivity contribution in [2.45, 2.75) is 43.1 Å². The maximum absolute atomic E-state index is 13.2. The Morgan fingerprint density at radius 3 is 2.74 bits per heavy atom. The Morgan fingerprint density at radius 2 is 1.96 bits per heavy atom. The fourth-order valence-electron chi connectivity index (χ4n) is 4.00. The number of benzene rings is 1. The highest BCUT2D eigenvalue weighted by atomic mass is 32.2. The van der Waals surface area contributed by atoms with E-state index in [1.54, 1.807) is 41.1 Å². The fourth-order valence-corrected chi connectivity index (χ4v) is 5.53. The van der Waals surface area contributed by atoms with E-state index >= 15 is 0 Å². The van der Waals surface area contributed by atoms with Crippen LogP contribution in [-0.4, -0.2) is 29.8 Å². The molecule has 6 nitrogen and oxygen atoms in total. The van der Waals surface area contributed by atoms with Crippen molar-refractivity contribution in [3.8, 4) is 0 Å². The molecule has 1 fully saturated rings. The van der Waals surface area contributed by atoms with E-state index < -0.39 is 10.8 Å². The summed E-state index contributed by atoms with van der Waals surface area (Å²) in [4.78, 5) is 34.8. The lowest BCUT2D eigenvalue weighted by atomic mass is 10.0. The Balaban J connectivity index is 0.00000180. The van der Waals surface area contributed by atoms with Gasteiger partial charge in [0, 0.05) is 17.1 Å². The average Bonchev–Trinajstić information content (AvgIpc) is 3.12. The van der Waals surface area contributed by atoms with Crippen LogP contribution in [0.5, 0.6) is 0 Å². The predicted molar refractivity (Wildman–Crippen MR) is 103 cm³/mol. The fraction of sp³-hybridized carbons (Fsp3) is 0.300. The van der Waals surface area contributed by atoms with Gasteiger partial charge in [0.1, 0.15) is 5.65 Å². The second-order valence-corrected chi connectivity index (χ2v) is 8.26. The van der Waals surface area contributed by atoms with Gasteiger partial charge in [-0.3, -0.25) is 18.4 Å². The zero-order valence-electron chi connectivity index (χ0n) is 13.8. The molecule has 1 aliphatic carbocycles. The van der Waals surface area contributed by atoms with Crippen molar-refractivity contribution in [3.63, 3.8) is 0 Å². The second kappa shape index (κ2) is 6.49. The van der Waals surface area contributed by atoms with E-state index in [0.717, 1.165) is 19.3 Å². The van der Waals surface area contributed by atoms with Crippen LogP contribution >= 0.6 is 0 Å². The molecule has 2 aromatic heterocycles. The number of pyridine rings is 1. The van der Waals surface area contributed by atoms with Gasteiger partial charge in [0.2, 0.25) is 5.16 Å². The van der Waals surface area contributed by atoms with Crippen molar-refractivity contribution in [1.82, 2.24) is 14.5 Å². The molecule has 5 rings (SSSR count). The van der Waals surface area contributed by atoms with Gasteiger partial charge >= 0.3 is 0 Å². The summed E-state index contributed by atoms with van der Waals surface area (Å²) in [5.41, 5.74) is 0.701. The first-order chi connectivity index (χ1) is 12.6. The van der Waals surface area contributed by atoms with Gasteiger partial charge in [-0.05, 0) is 18.9 Å². The van der Waals surface area contributed by atoms with E-state index in [0.29, 0.717) is 16.6 Å². The molecule has 1 aliphatic heterocycles. The molecular formula is C20H19N3O3S. The molecular weight excluding hydrogens is 362 g/mol. The van der Waals surface area contributed by atoms with Crippen LogP contribution < -0.4 is 5.56 Å². The number of carbonyl (C=O) groups excluding carboxylic acids is 1. The summed E-state index contributed by atoms with van der Waals surface area (Å²) in [6.45, 7) is 0. The summed E-state index contributed by atoms with van der Waals surface area (Å²) in [5, 5.41) is 0.720. The third-order valence-corrected chi connectivity index (χ3v) is 6.89. The highest BCUT2D eigenvalue weighted by molar-refractivity contribution is 7.85. The molecule has 7 heteroatoms. The lowest BCUT2D eigenvalue weighted by molar-refractivity contribution is 0.103. The van der Waals surface area contributed by atoms with Gasteiger partial charge in [-0.25, -0.2) is 9.97 Å². The van der Waals surface area contributed by atoms with Crippen LogP contribution in [0.2, 0.25) is 0 Å². The summed E-state index contributed by atoms with van der Waals surface area (Å²) in [5.74, 6) is -0.315. The standard InChI is InChI=1S/C19H15N3O3S.CH4/c23-16(11-5-2-1-3-6-11)13-9-12-10-20-19-21-17(12)22(18(13)24)14-7-4-8-15(14)26(19)25;/h1-3,5-6,9-10,14-15H,4,7-8H2;1H4. The maximum Gasteiger partial charge on any atom is 0.263 e. The molecule has 0 amide bonds. The Labute approximate surface area is 158 Å². The van der Waals surface area contributed by atoms with E-state index in [9.17, 15) is 13.8 Å². The van der Waals surface area contributed by atoms with Crippen molar-refractivity contribution in [3.05, 3.63) is 64.1 Å². The molecule has 1 saturated carbocycles. The van der Waals surface area contributed by atoms with Crippen molar-refractivity contribution < 1.29 is 9.00 Å². The van der Waals surface area contributed by atoms with Crippen molar-refractivity contribution in [1.29, 1.82) is 0 Å². The lowest BCUT2D eigenvalue weighted by Crippen LogP contribution is -2.33. The Bertz CT molecular complexity index is 1140. The number of rotatable bonds is 2. The normalized spacial score (nSPS) is 22.9. The molecule has 3 heterocycles. The average molecular weight is 381 g/mol. The summed E-state index contributed by atoms with van der Waals surface area (Å²) < 4.78 is 14.4. The minimum atomic E-state index is -1.34. The lowest BCUT2D eigenvalue weighted by Gasteiger charge is -2.19. The quantitative estimate of drug-likeness (QED) is 0.504. The van der Waals surface area contributed by atoms with Gasteiger partial charge in [-0.15, -0.1) is 0 Å². The first kappa shape index (κ1) is 17.7. The first-order valence-corrected chi connectivity index (χ1v) is 9.79. The van der Waals surface area contributed by atoms with Crippen LogP contribution in [0.15, 0.2) is 52.5 Å². The van der Waals surface area contributed by atoms with Crippen LogP contribution in [0.1, 0.15) is 48.7 Å². The van der Waals surface area contributed by atoms with Gasteiger partial charge < -0.3 is 0 Å². The number of hydrogen-bond acceptors (Lipinski definition) is 5. The molecule has 27 heavy (non-hydrogen) atoms. The molecule has 0 radical (unpaired) electrons. The summed E-state index contributed by atoms with van der Waals surface area (Å²) in [7, 11) is -1.34. The minimum Gasteiger partial charge on any atom is -0.288 e. The summed E-state index contributed by atoms with van der Waals surface area (Å²) in [6.07, 6.45) is 3.99. The predicted octanol–water partition coefficient (Wildman–Crippen LogP) is 2.87. The van der Waals surface area contributed by atoms with E-state index in [1.807, 2.05) is 6.07 Å². The Kier molecular flexibility index (Phi) is 4.26. The van der Waals surface area contributed by atoms with E-state index in [1.165, 1.54) is 0 Å². The molecule has 3 unspecified atom stereocenters. The molecule has 3 aromatic rings. The molecule has 0 saturated heterocycles. The molecule has 1 aromatic carbocycles. The van der Waals surface area contributed by atoms with Gasteiger partial charge in [0.25, 0.3) is 5.56 Å². The first-order valence-electron chi connectivity index (χ1n) is 8.58. The molecule has 0 N–H and O–H groups in total. The second-order valence-electron chi connectivity index (χ2n) is 6.69. The van der Waals surface area contributed by atoms with Crippen LogP contribution in [0, 0.1) is 0 Å². The SMILES string of the molecule is C.O=C(c1ccccc1)c1cc2cnc3nc2n(c1=O)C1CCCC1S3=O. The maximum atomic E-state index is 13.2. The number of hydrogen-bond donors (Lipinski definition) is 0. The zero-order valence-corrected chi connectivity index (χ0v) is 14.6. The van der Waals surface area contributed by atoms with Gasteiger partial charge in [-0.1, -0.05) is 44.2 Å². The van der Waals surface area contributed by atoms with Crippen molar-refractivity contribution >= 4 is 27.6 Å². The monoisotopic (exact) mass is 381 g/mol. The topological polar surface area (TPSA) is 81.9 Å². The Hall–Kier alpha value is -2.67. The Morgan fingerprint density at radius 1 is 1.19 bits per heavy atom.